The number of methoxy groups -OCH3 is 1. The first-order valence-electron chi connectivity index (χ1n) is 10.4. The van der Waals surface area contributed by atoms with Gasteiger partial charge in [0.2, 0.25) is 5.91 Å². The lowest BCUT2D eigenvalue weighted by Crippen LogP contribution is -2.52. The van der Waals surface area contributed by atoms with Gasteiger partial charge in [-0.2, -0.15) is 0 Å². The van der Waals surface area contributed by atoms with Gasteiger partial charge in [-0.25, -0.2) is 8.42 Å². The number of amides is 1. The number of rotatable bonds is 7. The second-order valence-electron chi connectivity index (χ2n) is 8.46. The van der Waals surface area contributed by atoms with Gasteiger partial charge < -0.3 is 14.5 Å². The third-order valence-electron chi connectivity index (χ3n) is 5.68. The molecule has 1 atom stereocenters. The Kier molecular flexibility index (Phi) is 7.05. The third-order valence-corrected chi connectivity index (χ3v) is 7.43. The average Bonchev–Trinajstić information content (AvgIpc) is 3.06. The molecule has 0 spiro atoms. The first-order chi connectivity index (χ1) is 13.8. The molecule has 2 aliphatic rings. The van der Waals surface area contributed by atoms with Gasteiger partial charge in [-0.1, -0.05) is 19.9 Å². The van der Waals surface area contributed by atoms with Gasteiger partial charge in [-0.15, -0.1) is 0 Å². The Bertz CT molecular complexity index is 804. The summed E-state index contributed by atoms with van der Waals surface area (Å²) in [6, 6.07) is 7.86. The van der Waals surface area contributed by atoms with Gasteiger partial charge >= 0.3 is 0 Å². The maximum Gasteiger partial charge on any atom is 0.237 e. The largest absolute Gasteiger partial charge is 0.497 e. The van der Waals surface area contributed by atoms with E-state index in [0.29, 0.717) is 25.4 Å². The molecule has 0 aliphatic carbocycles. The normalized spacial score (nSPS) is 22.1. The molecule has 2 fully saturated rings. The maximum absolute atomic E-state index is 13.0. The van der Waals surface area contributed by atoms with Crippen LogP contribution in [0.2, 0.25) is 0 Å². The quantitative estimate of drug-likeness (QED) is 0.662. The van der Waals surface area contributed by atoms with Crippen LogP contribution in [0.1, 0.15) is 20.3 Å². The minimum atomic E-state index is -3.01. The Morgan fingerprint density at radius 2 is 1.97 bits per heavy atom. The Balaban J connectivity index is 1.57. The summed E-state index contributed by atoms with van der Waals surface area (Å²) in [4.78, 5) is 19.3. The van der Waals surface area contributed by atoms with Crippen molar-refractivity contribution in [1.29, 1.82) is 0 Å². The molecule has 0 radical (unpaired) electrons. The van der Waals surface area contributed by atoms with Crippen molar-refractivity contribution < 1.29 is 17.9 Å². The second-order valence-corrected chi connectivity index (χ2v) is 10.7. The Hall–Kier alpha value is -1.80. The lowest BCUT2D eigenvalue weighted by atomic mass is 10.1. The summed E-state index contributed by atoms with van der Waals surface area (Å²) < 4.78 is 29.1. The Morgan fingerprint density at radius 1 is 1.24 bits per heavy atom. The predicted molar refractivity (Wildman–Crippen MR) is 115 cm³/mol. The summed E-state index contributed by atoms with van der Waals surface area (Å²) in [5.41, 5.74) is 1.13. The van der Waals surface area contributed by atoms with E-state index in [1.165, 1.54) is 0 Å². The highest BCUT2D eigenvalue weighted by atomic mass is 32.2. The van der Waals surface area contributed by atoms with E-state index in [1.807, 2.05) is 23.1 Å². The molecule has 2 heterocycles. The molecular weight excluding hydrogens is 390 g/mol. The van der Waals surface area contributed by atoms with Crippen molar-refractivity contribution in [2.45, 2.75) is 26.3 Å². The first-order valence-corrected chi connectivity index (χ1v) is 12.2. The molecular formula is C21H33N3O4S. The fourth-order valence-electron chi connectivity index (χ4n) is 4.12. The molecule has 29 heavy (non-hydrogen) atoms. The van der Waals surface area contributed by atoms with Crippen molar-refractivity contribution >= 4 is 21.4 Å². The summed E-state index contributed by atoms with van der Waals surface area (Å²) >= 11 is 0. The molecule has 3 rings (SSSR count). The minimum absolute atomic E-state index is 0.0515. The molecule has 0 unspecified atom stereocenters. The number of hydrogen-bond acceptors (Lipinski definition) is 6. The van der Waals surface area contributed by atoms with Gasteiger partial charge in [-0.3, -0.25) is 9.69 Å². The fraction of sp³-hybridized carbons (Fsp3) is 0.667. The van der Waals surface area contributed by atoms with Gasteiger partial charge in [0.05, 0.1) is 25.2 Å². The third kappa shape index (κ3) is 5.85. The van der Waals surface area contributed by atoms with Crippen LogP contribution < -0.4 is 9.64 Å². The number of piperazine rings is 1. The van der Waals surface area contributed by atoms with E-state index >= 15 is 0 Å². The SMILES string of the molecule is COc1cccc(N2CCN(CC(=O)N(CC(C)C)[C@H]3CCS(=O)(=O)C3)CC2)c1. The number of anilines is 1. The zero-order valence-corrected chi connectivity index (χ0v) is 18.5. The number of ether oxygens (including phenoxy) is 1. The van der Waals surface area contributed by atoms with Crippen molar-refractivity contribution in [3.8, 4) is 5.75 Å². The molecule has 7 nitrogen and oxygen atoms in total. The minimum Gasteiger partial charge on any atom is -0.497 e. The number of benzene rings is 1. The van der Waals surface area contributed by atoms with Crippen LogP contribution >= 0.6 is 0 Å². The number of carbonyl (C=O) groups excluding carboxylic acids is 1. The predicted octanol–water partition coefficient (Wildman–Crippen LogP) is 1.49. The highest BCUT2D eigenvalue weighted by Gasteiger charge is 2.35. The summed E-state index contributed by atoms with van der Waals surface area (Å²) in [7, 11) is -1.34. The number of nitrogens with zero attached hydrogens (tertiary/aromatic N) is 3. The smallest absolute Gasteiger partial charge is 0.237 e. The Morgan fingerprint density at radius 3 is 2.55 bits per heavy atom. The number of sulfone groups is 1. The first kappa shape index (κ1) is 21.9. The van der Waals surface area contributed by atoms with E-state index in [0.717, 1.165) is 37.6 Å². The molecule has 0 aromatic heterocycles. The molecule has 0 saturated carbocycles. The summed E-state index contributed by atoms with van der Waals surface area (Å²) in [6.07, 6.45) is 0.560. The van der Waals surface area contributed by atoms with Crippen LogP contribution in [0.15, 0.2) is 24.3 Å². The van der Waals surface area contributed by atoms with Gasteiger partial charge in [0.15, 0.2) is 9.84 Å². The fourth-order valence-corrected chi connectivity index (χ4v) is 5.85. The average molecular weight is 424 g/mol. The van der Waals surface area contributed by atoms with Crippen molar-refractivity contribution in [3.63, 3.8) is 0 Å². The molecule has 0 N–H and O–H groups in total. The number of carbonyl (C=O) groups is 1. The van der Waals surface area contributed by atoms with E-state index in [9.17, 15) is 13.2 Å². The second kappa shape index (κ2) is 9.34. The van der Waals surface area contributed by atoms with Crippen molar-refractivity contribution in [3.05, 3.63) is 24.3 Å². The van der Waals surface area contributed by atoms with Gasteiger partial charge in [0.25, 0.3) is 0 Å². The van der Waals surface area contributed by atoms with Crippen LogP contribution in [0.5, 0.6) is 5.75 Å². The molecule has 1 aromatic carbocycles. The zero-order valence-electron chi connectivity index (χ0n) is 17.7. The van der Waals surface area contributed by atoms with E-state index in [-0.39, 0.29) is 23.5 Å². The van der Waals surface area contributed by atoms with E-state index in [2.05, 4.69) is 29.7 Å². The van der Waals surface area contributed by atoms with Crippen LogP contribution in [-0.2, 0) is 14.6 Å². The summed E-state index contributed by atoms with van der Waals surface area (Å²) in [5.74, 6) is 1.51. The standard InChI is InChI=1S/C21H33N3O4S/c1-17(2)14-24(19-7-12-29(26,27)16-19)21(25)15-22-8-10-23(11-9-22)18-5-4-6-20(13-18)28-3/h4-6,13,17,19H,7-12,14-16H2,1-3H3/t19-/m0/s1. The van der Waals surface area contributed by atoms with Crippen LogP contribution in [0, 0.1) is 5.92 Å². The lowest BCUT2D eigenvalue weighted by molar-refractivity contribution is -0.135. The van der Waals surface area contributed by atoms with E-state index in [1.54, 1.807) is 7.11 Å². The molecule has 0 bridgehead atoms. The monoisotopic (exact) mass is 423 g/mol. The summed E-state index contributed by atoms with van der Waals surface area (Å²) in [5, 5.41) is 0. The summed E-state index contributed by atoms with van der Waals surface area (Å²) in [6.45, 7) is 8.42. The van der Waals surface area contributed by atoms with Gasteiger partial charge in [0, 0.05) is 50.5 Å². The zero-order chi connectivity index (χ0) is 21.0. The molecule has 1 amide bonds. The highest BCUT2D eigenvalue weighted by molar-refractivity contribution is 7.91. The van der Waals surface area contributed by atoms with E-state index < -0.39 is 9.84 Å². The number of hydrogen-bond donors (Lipinski definition) is 0. The lowest BCUT2D eigenvalue weighted by Gasteiger charge is -2.37. The van der Waals surface area contributed by atoms with Gasteiger partial charge in [0.1, 0.15) is 5.75 Å². The molecule has 2 aliphatic heterocycles. The van der Waals surface area contributed by atoms with Crippen molar-refractivity contribution in [2.75, 3.05) is 62.8 Å². The molecule has 2 saturated heterocycles. The van der Waals surface area contributed by atoms with Crippen molar-refractivity contribution in [2.24, 2.45) is 5.92 Å². The maximum atomic E-state index is 13.0. The molecule has 162 valence electrons. The highest BCUT2D eigenvalue weighted by Crippen LogP contribution is 2.23. The van der Waals surface area contributed by atoms with Crippen LogP contribution in [0.3, 0.4) is 0 Å². The van der Waals surface area contributed by atoms with Crippen LogP contribution in [0.4, 0.5) is 5.69 Å². The van der Waals surface area contributed by atoms with E-state index in [4.69, 9.17) is 4.74 Å². The van der Waals surface area contributed by atoms with Crippen LogP contribution in [-0.4, -0.2) is 88.1 Å². The van der Waals surface area contributed by atoms with Crippen LogP contribution in [0.25, 0.3) is 0 Å². The Labute approximate surface area is 174 Å². The molecule has 1 aromatic rings. The topological polar surface area (TPSA) is 70.2 Å². The molecule has 8 heteroatoms. The van der Waals surface area contributed by atoms with Crippen molar-refractivity contribution in [1.82, 2.24) is 9.80 Å². The van der Waals surface area contributed by atoms with Gasteiger partial charge in [-0.05, 0) is 24.5 Å².